The van der Waals surface area contributed by atoms with E-state index in [4.69, 9.17) is 4.74 Å². The summed E-state index contributed by atoms with van der Waals surface area (Å²) in [6, 6.07) is 0.463. The Morgan fingerprint density at radius 2 is 1.91 bits per heavy atom. The van der Waals surface area contributed by atoms with Gasteiger partial charge in [-0.1, -0.05) is 6.92 Å². The van der Waals surface area contributed by atoms with E-state index in [-0.39, 0.29) is 0 Å². The lowest BCUT2D eigenvalue weighted by atomic mass is 10.3. The largest absolute Gasteiger partial charge is 0.464 e. The lowest BCUT2D eigenvalue weighted by Gasteiger charge is -1.99. The van der Waals surface area contributed by atoms with Crippen molar-refractivity contribution >= 4 is 0 Å². The third-order valence-corrected chi connectivity index (χ3v) is 1.36. The van der Waals surface area contributed by atoms with Gasteiger partial charge in [-0.3, -0.25) is 0 Å². The molecule has 1 aromatic rings. The van der Waals surface area contributed by atoms with Gasteiger partial charge < -0.3 is 4.74 Å². The van der Waals surface area contributed by atoms with Crippen LogP contribution in [0.4, 0.5) is 0 Å². The Balaban J connectivity index is 2.66. The lowest BCUT2D eigenvalue weighted by molar-refractivity contribution is 0.312. The normalized spacial score (nSPS) is 9.64. The summed E-state index contributed by atoms with van der Waals surface area (Å²) in [6.45, 7) is 4.60. The van der Waals surface area contributed by atoms with Crippen molar-refractivity contribution in [1.29, 1.82) is 0 Å². The number of hydrogen-bond donors (Lipinski definition) is 0. The third-order valence-electron chi connectivity index (χ3n) is 1.36. The number of hydrogen-bond acceptors (Lipinski definition) is 3. The maximum atomic E-state index is 5.08. The highest BCUT2D eigenvalue weighted by molar-refractivity contribution is 5.06. The van der Waals surface area contributed by atoms with Gasteiger partial charge in [-0.15, -0.1) is 0 Å². The Morgan fingerprint density at radius 3 is 2.36 bits per heavy atom. The first kappa shape index (κ1) is 7.98. The van der Waals surface area contributed by atoms with Crippen molar-refractivity contribution in [3.05, 3.63) is 18.0 Å². The number of aromatic nitrogens is 2. The van der Waals surface area contributed by atoms with Crippen LogP contribution in [0.25, 0.3) is 0 Å². The van der Waals surface area contributed by atoms with Crippen molar-refractivity contribution < 1.29 is 4.74 Å². The van der Waals surface area contributed by atoms with Crippen LogP contribution in [0.2, 0.25) is 0 Å². The van der Waals surface area contributed by atoms with E-state index in [0.717, 1.165) is 12.0 Å². The molecule has 0 aromatic carbocycles. The SMILES string of the molecule is CCOc1ncc(CC)cn1. The van der Waals surface area contributed by atoms with Crippen LogP contribution < -0.4 is 4.74 Å². The lowest BCUT2D eigenvalue weighted by Crippen LogP contribution is -1.97. The van der Waals surface area contributed by atoms with Crippen LogP contribution >= 0.6 is 0 Å². The molecule has 11 heavy (non-hydrogen) atoms. The molecular weight excluding hydrogens is 140 g/mol. The van der Waals surface area contributed by atoms with E-state index < -0.39 is 0 Å². The molecule has 0 bridgehead atoms. The Bertz CT molecular complexity index is 208. The van der Waals surface area contributed by atoms with Crippen LogP contribution in [0.3, 0.4) is 0 Å². The summed E-state index contributed by atoms with van der Waals surface area (Å²) in [4.78, 5) is 8.01. The number of nitrogens with zero attached hydrogens (tertiary/aromatic N) is 2. The predicted octanol–water partition coefficient (Wildman–Crippen LogP) is 1.44. The molecule has 0 aliphatic carbocycles. The molecule has 3 nitrogen and oxygen atoms in total. The van der Waals surface area contributed by atoms with Crippen LogP contribution in [-0.4, -0.2) is 16.6 Å². The molecule has 1 aromatic heterocycles. The minimum absolute atomic E-state index is 0.463. The van der Waals surface area contributed by atoms with Gasteiger partial charge in [-0.25, -0.2) is 9.97 Å². The first-order valence-corrected chi connectivity index (χ1v) is 3.80. The molecule has 0 spiro atoms. The summed E-state index contributed by atoms with van der Waals surface area (Å²) in [7, 11) is 0. The fourth-order valence-electron chi connectivity index (χ4n) is 0.729. The van der Waals surface area contributed by atoms with Gasteiger partial charge in [-0.05, 0) is 18.9 Å². The molecule has 0 aliphatic rings. The summed E-state index contributed by atoms with van der Waals surface area (Å²) in [6.07, 6.45) is 4.54. The van der Waals surface area contributed by atoms with Crippen molar-refractivity contribution in [3.8, 4) is 6.01 Å². The van der Waals surface area contributed by atoms with E-state index in [9.17, 15) is 0 Å². The fourth-order valence-corrected chi connectivity index (χ4v) is 0.729. The van der Waals surface area contributed by atoms with Crippen molar-refractivity contribution in [3.63, 3.8) is 0 Å². The Morgan fingerprint density at radius 1 is 1.27 bits per heavy atom. The van der Waals surface area contributed by atoms with Crippen molar-refractivity contribution in [2.24, 2.45) is 0 Å². The molecule has 1 rings (SSSR count). The number of ether oxygens (including phenoxy) is 1. The van der Waals surface area contributed by atoms with Crippen molar-refractivity contribution in [2.75, 3.05) is 6.61 Å². The van der Waals surface area contributed by atoms with Crippen LogP contribution in [0, 0.1) is 0 Å². The molecule has 0 amide bonds. The Hall–Kier alpha value is -1.12. The summed E-state index contributed by atoms with van der Waals surface area (Å²) in [5.41, 5.74) is 1.13. The maximum Gasteiger partial charge on any atom is 0.316 e. The van der Waals surface area contributed by atoms with Gasteiger partial charge in [0, 0.05) is 12.4 Å². The highest BCUT2D eigenvalue weighted by Crippen LogP contribution is 2.02. The van der Waals surface area contributed by atoms with Crippen LogP contribution in [0.15, 0.2) is 12.4 Å². The van der Waals surface area contributed by atoms with E-state index in [0.29, 0.717) is 12.6 Å². The van der Waals surface area contributed by atoms with Gasteiger partial charge in [0.25, 0.3) is 0 Å². The van der Waals surface area contributed by atoms with Gasteiger partial charge in [0.05, 0.1) is 6.61 Å². The molecule has 0 atom stereocenters. The molecule has 0 unspecified atom stereocenters. The van der Waals surface area contributed by atoms with E-state index >= 15 is 0 Å². The molecule has 3 heteroatoms. The van der Waals surface area contributed by atoms with E-state index in [1.54, 1.807) is 12.4 Å². The average Bonchev–Trinajstić information content (AvgIpc) is 2.07. The van der Waals surface area contributed by atoms with Gasteiger partial charge in [0.15, 0.2) is 0 Å². The maximum absolute atomic E-state index is 5.08. The Labute approximate surface area is 66.4 Å². The summed E-state index contributed by atoms with van der Waals surface area (Å²) < 4.78 is 5.08. The van der Waals surface area contributed by atoms with Crippen LogP contribution in [0.5, 0.6) is 6.01 Å². The molecular formula is C8H12N2O. The predicted molar refractivity (Wildman–Crippen MR) is 42.6 cm³/mol. The standard InChI is InChI=1S/C8H12N2O/c1-3-7-5-9-8(10-6-7)11-4-2/h5-6H,3-4H2,1-2H3. The topological polar surface area (TPSA) is 35.0 Å². The second-order valence-electron chi connectivity index (χ2n) is 2.16. The summed E-state index contributed by atoms with van der Waals surface area (Å²) >= 11 is 0. The minimum atomic E-state index is 0.463. The molecule has 0 saturated carbocycles. The molecule has 60 valence electrons. The van der Waals surface area contributed by atoms with E-state index in [2.05, 4.69) is 16.9 Å². The zero-order chi connectivity index (χ0) is 8.10. The highest BCUT2D eigenvalue weighted by Gasteiger charge is 1.94. The quantitative estimate of drug-likeness (QED) is 0.657. The Kier molecular flexibility index (Phi) is 2.83. The molecule has 1 heterocycles. The van der Waals surface area contributed by atoms with Gasteiger partial charge in [0.1, 0.15) is 0 Å². The van der Waals surface area contributed by atoms with E-state index in [1.807, 2.05) is 6.92 Å². The highest BCUT2D eigenvalue weighted by atomic mass is 16.5. The number of rotatable bonds is 3. The summed E-state index contributed by atoms with van der Waals surface area (Å²) in [5.74, 6) is 0. The van der Waals surface area contributed by atoms with Crippen LogP contribution in [-0.2, 0) is 6.42 Å². The molecule has 0 aliphatic heterocycles. The van der Waals surface area contributed by atoms with Crippen molar-refractivity contribution in [2.45, 2.75) is 20.3 Å². The molecule has 0 fully saturated rings. The van der Waals surface area contributed by atoms with Gasteiger partial charge in [0.2, 0.25) is 0 Å². The minimum Gasteiger partial charge on any atom is -0.464 e. The first-order valence-electron chi connectivity index (χ1n) is 3.80. The third kappa shape index (κ3) is 2.18. The van der Waals surface area contributed by atoms with E-state index in [1.165, 1.54) is 0 Å². The van der Waals surface area contributed by atoms with Gasteiger partial charge in [-0.2, -0.15) is 0 Å². The average molecular weight is 152 g/mol. The molecule has 0 N–H and O–H groups in total. The second kappa shape index (κ2) is 3.91. The first-order chi connectivity index (χ1) is 5.36. The van der Waals surface area contributed by atoms with Crippen LogP contribution in [0.1, 0.15) is 19.4 Å². The second-order valence-corrected chi connectivity index (χ2v) is 2.16. The number of aryl methyl sites for hydroxylation is 1. The zero-order valence-electron chi connectivity index (χ0n) is 6.87. The fraction of sp³-hybridized carbons (Fsp3) is 0.500. The van der Waals surface area contributed by atoms with Crippen molar-refractivity contribution in [1.82, 2.24) is 9.97 Å². The molecule has 0 saturated heterocycles. The summed E-state index contributed by atoms with van der Waals surface area (Å²) in [5, 5.41) is 0. The zero-order valence-corrected chi connectivity index (χ0v) is 6.87. The monoisotopic (exact) mass is 152 g/mol. The smallest absolute Gasteiger partial charge is 0.316 e. The molecule has 0 radical (unpaired) electrons. The van der Waals surface area contributed by atoms with Gasteiger partial charge >= 0.3 is 6.01 Å².